The van der Waals surface area contributed by atoms with E-state index in [1.165, 1.54) is 35.2 Å². The number of benzene rings is 1. The topological polar surface area (TPSA) is 80.5 Å². The number of hydrogen-bond donors (Lipinski definition) is 0. The lowest BCUT2D eigenvalue weighted by Crippen LogP contribution is -2.41. The van der Waals surface area contributed by atoms with Gasteiger partial charge < -0.3 is 0 Å². The van der Waals surface area contributed by atoms with Crippen molar-refractivity contribution in [1.82, 2.24) is 4.90 Å². The van der Waals surface area contributed by atoms with Gasteiger partial charge in [0.25, 0.3) is 17.5 Å². The molecular formula is C20H24N2O4S. The van der Waals surface area contributed by atoms with E-state index < -0.39 is 4.92 Å². The second-order valence-electron chi connectivity index (χ2n) is 6.92. The van der Waals surface area contributed by atoms with Gasteiger partial charge in [-0.3, -0.25) is 24.6 Å². The summed E-state index contributed by atoms with van der Waals surface area (Å²) in [6.45, 7) is 1.95. The number of carbonyl (C=O) groups is 2. The summed E-state index contributed by atoms with van der Waals surface area (Å²) in [5.74, 6) is 0.227. The van der Waals surface area contributed by atoms with E-state index in [1.54, 1.807) is 12.1 Å². The summed E-state index contributed by atoms with van der Waals surface area (Å²) in [5, 5.41) is 10.9. The zero-order chi connectivity index (χ0) is 19.4. The summed E-state index contributed by atoms with van der Waals surface area (Å²) in [6, 6.07) is 5.85. The first kappa shape index (κ1) is 19.6. The van der Waals surface area contributed by atoms with Crippen LogP contribution in [0.25, 0.3) is 5.57 Å². The first-order chi connectivity index (χ1) is 13.0. The maximum absolute atomic E-state index is 13.2. The van der Waals surface area contributed by atoms with Crippen molar-refractivity contribution < 1.29 is 14.5 Å². The molecule has 0 unspecified atom stereocenters. The van der Waals surface area contributed by atoms with E-state index in [2.05, 4.69) is 0 Å². The van der Waals surface area contributed by atoms with Crippen molar-refractivity contribution in [1.29, 1.82) is 0 Å². The van der Waals surface area contributed by atoms with Crippen molar-refractivity contribution in [3.63, 3.8) is 0 Å². The molecule has 1 aliphatic heterocycles. The summed E-state index contributed by atoms with van der Waals surface area (Å²) in [7, 11) is 0. The molecule has 0 aromatic heterocycles. The van der Waals surface area contributed by atoms with E-state index in [0.717, 1.165) is 38.5 Å². The van der Waals surface area contributed by atoms with E-state index in [9.17, 15) is 19.7 Å². The predicted octanol–water partition coefficient (Wildman–Crippen LogP) is 4.54. The van der Waals surface area contributed by atoms with Gasteiger partial charge >= 0.3 is 0 Å². The molecular weight excluding hydrogens is 364 g/mol. The van der Waals surface area contributed by atoms with Gasteiger partial charge in [0.05, 0.1) is 15.4 Å². The number of imide groups is 1. The molecule has 1 saturated carbocycles. The highest BCUT2D eigenvalue weighted by Crippen LogP contribution is 2.39. The van der Waals surface area contributed by atoms with Gasteiger partial charge in [0, 0.05) is 18.2 Å². The molecule has 144 valence electrons. The zero-order valence-corrected chi connectivity index (χ0v) is 16.3. The van der Waals surface area contributed by atoms with Gasteiger partial charge in [0.1, 0.15) is 0 Å². The third-order valence-corrected chi connectivity index (χ3v) is 6.12. The molecule has 0 bridgehead atoms. The Morgan fingerprint density at radius 2 is 1.63 bits per heavy atom. The van der Waals surface area contributed by atoms with Crippen LogP contribution in [0, 0.1) is 10.1 Å². The molecule has 0 N–H and O–H groups in total. The first-order valence-electron chi connectivity index (χ1n) is 9.54. The molecule has 0 atom stereocenters. The molecule has 1 heterocycles. The Balaban J connectivity index is 1.93. The number of nitro benzene ring substituents is 1. The van der Waals surface area contributed by atoms with Crippen LogP contribution in [0.4, 0.5) is 5.69 Å². The lowest BCUT2D eigenvalue weighted by atomic mass is 9.95. The quantitative estimate of drug-likeness (QED) is 0.420. The fourth-order valence-corrected chi connectivity index (χ4v) is 4.69. The molecule has 2 aliphatic rings. The van der Waals surface area contributed by atoms with Gasteiger partial charge in [-0.15, -0.1) is 11.8 Å². The molecule has 3 rings (SSSR count). The smallest absolute Gasteiger partial charge is 0.269 e. The lowest BCUT2D eigenvalue weighted by molar-refractivity contribution is -0.384. The second-order valence-corrected chi connectivity index (χ2v) is 8.19. The van der Waals surface area contributed by atoms with Crippen LogP contribution in [0.3, 0.4) is 0 Å². The minimum absolute atomic E-state index is 0.0299. The van der Waals surface area contributed by atoms with Crippen LogP contribution in [0.1, 0.15) is 57.4 Å². The van der Waals surface area contributed by atoms with Crippen LogP contribution < -0.4 is 0 Å². The van der Waals surface area contributed by atoms with Crippen LogP contribution in [-0.4, -0.2) is 33.4 Å². The van der Waals surface area contributed by atoms with Gasteiger partial charge in [0.2, 0.25) is 0 Å². The predicted molar refractivity (Wildman–Crippen MR) is 106 cm³/mol. The Hall–Kier alpha value is -2.15. The monoisotopic (exact) mass is 388 g/mol. The summed E-state index contributed by atoms with van der Waals surface area (Å²) >= 11 is 1.37. The van der Waals surface area contributed by atoms with Crippen LogP contribution in [-0.2, 0) is 9.59 Å². The van der Waals surface area contributed by atoms with Crippen molar-refractivity contribution in [3.8, 4) is 0 Å². The highest BCUT2D eigenvalue weighted by molar-refractivity contribution is 8.04. The van der Waals surface area contributed by atoms with Crippen LogP contribution in [0.2, 0.25) is 0 Å². The molecule has 7 heteroatoms. The average molecular weight is 388 g/mol. The average Bonchev–Trinajstić information content (AvgIpc) is 2.86. The van der Waals surface area contributed by atoms with Crippen molar-refractivity contribution in [3.05, 3.63) is 44.8 Å². The van der Waals surface area contributed by atoms with E-state index in [0.29, 0.717) is 21.8 Å². The van der Waals surface area contributed by atoms with Gasteiger partial charge in [-0.05, 0) is 36.3 Å². The maximum Gasteiger partial charge on any atom is 0.269 e. The van der Waals surface area contributed by atoms with Crippen molar-refractivity contribution in [2.45, 2.75) is 57.9 Å². The Labute approximate surface area is 163 Å². The molecule has 6 nitrogen and oxygen atoms in total. The number of rotatable bonds is 5. The molecule has 1 aliphatic carbocycles. The highest BCUT2D eigenvalue weighted by Gasteiger charge is 2.42. The van der Waals surface area contributed by atoms with Gasteiger partial charge in [0.15, 0.2) is 0 Å². The number of amides is 2. The van der Waals surface area contributed by atoms with Gasteiger partial charge in [-0.2, -0.15) is 0 Å². The number of nitro groups is 1. The third-order valence-electron chi connectivity index (χ3n) is 5.17. The Bertz CT molecular complexity index is 765. The molecule has 0 radical (unpaired) electrons. The largest absolute Gasteiger partial charge is 0.271 e. The fourth-order valence-electron chi connectivity index (χ4n) is 3.83. The van der Waals surface area contributed by atoms with Gasteiger partial charge in [-0.1, -0.05) is 39.0 Å². The number of non-ortho nitro benzene ring substituents is 1. The Morgan fingerprint density at radius 3 is 2.19 bits per heavy atom. The minimum Gasteiger partial charge on any atom is -0.271 e. The summed E-state index contributed by atoms with van der Waals surface area (Å²) in [5.41, 5.74) is 0.935. The van der Waals surface area contributed by atoms with Crippen LogP contribution >= 0.6 is 11.8 Å². The van der Waals surface area contributed by atoms with Crippen LogP contribution in [0.5, 0.6) is 0 Å². The van der Waals surface area contributed by atoms with E-state index in [4.69, 9.17) is 0 Å². The molecule has 0 spiro atoms. The van der Waals surface area contributed by atoms with Crippen LogP contribution in [0.15, 0.2) is 29.2 Å². The first-order valence-corrected chi connectivity index (χ1v) is 10.5. The zero-order valence-electron chi connectivity index (χ0n) is 15.5. The minimum atomic E-state index is -0.470. The number of carbonyl (C=O) groups excluding carboxylic acids is 2. The Morgan fingerprint density at radius 1 is 1.04 bits per heavy atom. The molecule has 1 fully saturated rings. The fraction of sp³-hybridized carbons (Fsp3) is 0.500. The maximum atomic E-state index is 13.2. The summed E-state index contributed by atoms with van der Waals surface area (Å²) < 4.78 is 0. The molecule has 1 aromatic carbocycles. The van der Waals surface area contributed by atoms with Crippen molar-refractivity contribution in [2.24, 2.45) is 0 Å². The molecule has 0 saturated heterocycles. The standard InChI is InChI=1S/C20H24N2O4S/c1-2-27-18-17(14-10-12-16(13-11-14)22(25)26)19(23)21(20(18)24)15-8-6-4-3-5-7-9-15/h10-13,15H,2-9H2,1H3. The van der Waals surface area contributed by atoms with Crippen molar-refractivity contribution >= 4 is 34.8 Å². The number of nitrogens with zero attached hydrogens (tertiary/aromatic N) is 2. The molecule has 27 heavy (non-hydrogen) atoms. The van der Waals surface area contributed by atoms with E-state index >= 15 is 0 Å². The lowest BCUT2D eigenvalue weighted by Gasteiger charge is -2.28. The summed E-state index contributed by atoms with van der Waals surface area (Å²) in [6.07, 6.45) is 7.29. The number of thioether (sulfide) groups is 1. The van der Waals surface area contributed by atoms with Gasteiger partial charge in [-0.25, -0.2) is 0 Å². The highest BCUT2D eigenvalue weighted by atomic mass is 32.2. The normalized spacial score (nSPS) is 19.4. The van der Waals surface area contributed by atoms with E-state index in [1.807, 2.05) is 6.92 Å². The Kier molecular flexibility index (Phi) is 6.31. The van der Waals surface area contributed by atoms with Crippen molar-refractivity contribution in [2.75, 3.05) is 5.75 Å². The third kappa shape index (κ3) is 4.08. The number of hydrogen-bond acceptors (Lipinski definition) is 5. The van der Waals surface area contributed by atoms with E-state index in [-0.39, 0.29) is 23.5 Å². The second kappa shape index (κ2) is 8.69. The molecule has 2 amide bonds. The SMILES string of the molecule is CCSC1=C(c2ccc([N+](=O)[O-])cc2)C(=O)N(C2CCCCCCC2)C1=O. The summed E-state index contributed by atoms with van der Waals surface area (Å²) in [4.78, 5) is 38.7. The molecule has 1 aromatic rings.